The fourth-order valence-corrected chi connectivity index (χ4v) is 2.74. The van der Waals surface area contributed by atoms with Crippen LogP contribution < -0.4 is 5.32 Å². The highest BCUT2D eigenvalue weighted by Gasteiger charge is 2.22. The van der Waals surface area contributed by atoms with E-state index in [2.05, 4.69) is 24.1 Å². The molecule has 0 bridgehead atoms. The maximum absolute atomic E-state index is 13.8. The zero-order chi connectivity index (χ0) is 14.5. The highest BCUT2D eigenvalue weighted by atomic mass is 19.2. The molecule has 20 heavy (non-hydrogen) atoms. The van der Waals surface area contributed by atoms with E-state index in [1.807, 2.05) is 0 Å². The maximum atomic E-state index is 13.8. The van der Waals surface area contributed by atoms with Gasteiger partial charge in [-0.05, 0) is 31.5 Å². The van der Waals surface area contributed by atoms with Gasteiger partial charge in [-0.1, -0.05) is 32.4 Å². The topological polar surface area (TPSA) is 15.3 Å². The zero-order valence-corrected chi connectivity index (χ0v) is 12.3. The Morgan fingerprint density at radius 3 is 2.95 bits per heavy atom. The lowest BCUT2D eigenvalue weighted by Crippen LogP contribution is -2.41. The second-order valence-electron chi connectivity index (χ2n) is 5.75. The van der Waals surface area contributed by atoms with E-state index in [1.165, 1.54) is 6.07 Å². The lowest BCUT2D eigenvalue weighted by Gasteiger charge is -2.28. The quantitative estimate of drug-likeness (QED) is 0.912. The highest BCUT2D eigenvalue weighted by Crippen LogP contribution is 2.17. The Kier molecular flexibility index (Phi) is 5.49. The normalized spacial score (nSPS) is 22.5. The summed E-state index contributed by atoms with van der Waals surface area (Å²) in [4.78, 5) is 2.23. The van der Waals surface area contributed by atoms with E-state index in [9.17, 15) is 8.78 Å². The van der Waals surface area contributed by atoms with Crippen molar-refractivity contribution >= 4 is 0 Å². The monoisotopic (exact) mass is 282 g/mol. The molecule has 4 heteroatoms. The lowest BCUT2D eigenvalue weighted by atomic mass is 9.99. The first-order chi connectivity index (χ1) is 9.61. The van der Waals surface area contributed by atoms with Crippen molar-refractivity contribution < 1.29 is 8.78 Å². The first kappa shape index (κ1) is 15.4. The van der Waals surface area contributed by atoms with Gasteiger partial charge in [-0.2, -0.15) is 0 Å². The van der Waals surface area contributed by atoms with Crippen LogP contribution in [-0.2, 0) is 6.54 Å². The predicted molar refractivity (Wildman–Crippen MR) is 77.5 cm³/mol. The van der Waals surface area contributed by atoms with Crippen molar-refractivity contribution in [2.24, 2.45) is 5.92 Å². The van der Waals surface area contributed by atoms with Crippen molar-refractivity contribution in [2.45, 2.75) is 39.3 Å². The molecule has 1 aliphatic heterocycles. The van der Waals surface area contributed by atoms with Crippen LogP contribution in [0, 0.1) is 17.6 Å². The van der Waals surface area contributed by atoms with Crippen molar-refractivity contribution in [1.29, 1.82) is 0 Å². The van der Waals surface area contributed by atoms with Crippen LogP contribution in [-0.4, -0.2) is 30.6 Å². The van der Waals surface area contributed by atoms with Gasteiger partial charge in [0.05, 0.1) is 0 Å². The minimum absolute atomic E-state index is 0.430. The number of hydrogen-bond donors (Lipinski definition) is 1. The fourth-order valence-electron chi connectivity index (χ4n) is 2.74. The maximum Gasteiger partial charge on any atom is 0.163 e. The minimum atomic E-state index is -0.756. The molecular weight excluding hydrogens is 258 g/mol. The number of nitrogens with one attached hydrogen (secondary N) is 1. The summed E-state index contributed by atoms with van der Waals surface area (Å²) >= 11 is 0. The van der Waals surface area contributed by atoms with Crippen molar-refractivity contribution in [3.63, 3.8) is 0 Å². The summed E-state index contributed by atoms with van der Waals surface area (Å²) in [6.45, 7) is 7.73. The summed E-state index contributed by atoms with van der Waals surface area (Å²) in [6, 6.07) is 4.86. The summed E-state index contributed by atoms with van der Waals surface area (Å²) in [6.07, 6.45) is 2.17. The molecular formula is C16H24F2N2. The van der Waals surface area contributed by atoms with Crippen LogP contribution in [0.2, 0.25) is 0 Å². The Morgan fingerprint density at radius 1 is 1.40 bits per heavy atom. The number of benzene rings is 1. The number of rotatable bonds is 4. The van der Waals surface area contributed by atoms with Crippen molar-refractivity contribution in [1.82, 2.24) is 10.2 Å². The van der Waals surface area contributed by atoms with Gasteiger partial charge in [0.15, 0.2) is 11.6 Å². The summed E-state index contributed by atoms with van der Waals surface area (Å²) in [5.41, 5.74) is 0.454. The van der Waals surface area contributed by atoms with Crippen LogP contribution in [0.1, 0.15) is 32.3 Å². The first-order valence-corrected chi connectivity index (χ1v) is 7.50. The van der Waals surface area contributed by atoms with Gasteiger partial charge < -0.3 is 5.32 Å². The Balaban J connectivity index is 2.05. The minimum Gasteiger partial charge on any atom is -0.312 e. The smallest absolute Gasteiger partial charge is 0.163 e. The van der Waals surface area contributed by atoms with Crippen LogP contribution in [0.5, 0.6) is 0 Å². The van der Waals surface area contributed by atoms with Gasteiger partial charge in [0, 0.05) is 24.7 Å². The Hall–Kier alpha value is -1.00. The molecule has 0 aliphatic carbocycles. The molecule has 1 N–H and O–H groups in total. The average Bonchev–Trinajstić information content (AvgIpc) is 2.68. The third kappa shape index (κ3) is 3.76. The summed E-state index contributed by atoms with van der Waals surface area (Å²) < 4.78 is 27.0. The Bertz CT molecular complexity index is 436. The standard InChI is InChI=1S/C16H24F2N2/c1-3-12(2)15-11-20(9-5-8-19-15)10-13-6-4-7-14(17)16(13)18/h4,6-7,12,15,19H,3,5,8-11H2,1-2H3. The molecule has 0 saturated carbocycles. The highest BCUT2D eigenvalue weighted by molar-refractivity contribution is 5.18. The average molecular weight is 282 g/mol. The predicted octanol–water partition coefficient (Wildman–Crippen LogP) is 3.17. The SMILES string of the molecule is CCC(C)C1CN(Cc2cccc(F)c2F)CCCN1. The molecule has 1 fully saturated rings. The second kappa shape index (κ2) is 7.14. The van der Waals surface area contributed by atoms with E-state index < -0.39 is 11.6 Å². The number of hydrogen-bond acceptors (Lipinski definition) is 2. The van der Waals surface area contributed by atoms with Gasteiger partial charge in [0.2, 0.25) is 0 Å². The molecule has 2 unspecified atom stereocenters. The molecule has 0 amide bonds. The van der Waals surface area contributed by atoms with Gasteiger partial charge in [0.1, 0.15) is 0 Å². The Morgan fingerprint density at radius 2 is 2.20 bits per heavy atom. The molecule has 1 heterocycles. The van der Waals surface area contributed by atoms with Gasteiger partial charge in [0.25, 0.3) is 0 Å². The third-order valence-electron chi connectivity index (χ3n) is 4.27. The lowest BCUT2D eigenvalue weighted by molar-refractivity contribution is 0.228. The molecule has 2 nitrogen and oxygen atoms in total. The Labute approximate surface area is 120 Å². The fraction of sp³-hybridized carbons (Fsp3) is 0.625. The van der Waals surface area contributed by atoms with Gasteiger partial charge >= 0.3 is 0 Å². The molecule has 1 aromatic rings. The van der Waals surface area contributed by atoms with Crippen molar-refractivity contribution in [2.75, 3.05) is 19.6 Å². The van der Waals surface area contributed by atoms with E-state index in [0.29, 0.717) is 24.1 Å². The zero-order valence-electron chi connectivity index (χ0n) is 12.3. The van der Waals surface area contributed by atoms with Gasteiger partial charge in [-0.3, -0.25) is 4.90 Å². The molecule has 1 aliphatic rings. The van der Waals surface area contributed by atoms with E-state index in [1.54, 1.807) is 12.1 Å². The van der Waals surface area contributed by atoms with E-state index in [-0.39, 0.29) is 0 Å². The van der Waals surface area contributed by atoms with Crippen molar-refractivity contribution in [3.8, 4) is 0 Å². The summed E-state index contributed by atoms with van der Waals surface area (Å²) in [5.74, 6) is -0.869. The summed E-state index contributed by atoms with van der Waals surface area (Å²) in [5, 5.41) is 3.56. The van der Waals surface area contributed by atoms with E-state index >= 15 is 0 Å². The second-order valence-corrected chi connectivity index (χ2v) is 5.75. The van der Waals surface area contributed by atoms with Crippen LogP contribution in [0.3, 0.4) is 0 Å². The van der Waals surface area contributed by atoms with Crippen LogP contribution in [0.15, 0.2) is 18.2 Å². The molecule has 0 spiro atoms. The third-order valence-corrected chi connectivity index (χ3v) is 4.27. The molecule has 2 atom stereocenters. The van der Waals surface area contributed by atoms with Gasteiger partial charge in [-0.15, -0.1) is 0 Å². The number of nitrogens with zero attached hydrogens (tertiary/aromatic N) is 1. The van der Waals surface area contributed by atoms with E-state index in [4.69, 9.17) is 0 Å². The molecule has 112 valence electrons. The van der Waals surface area contributed by atoms with Crippen LogP contribution >= 0.6 is 0 Å². The summed E-state index contributed by atoms with van der Waals surface area (Å²) in [7, 11) is 0. The largest absolute Gasteiger partial charge is 0.312 e. The van der Waals surface area contributed by atoms with E-state index in [0.717, 1.165) is 32.5 Å². The molecule has 1 saturated heterocycles. The van der Waals surface area contributed by atoms with Crippen LogP contribution in [0.4, 0.5) is 8.78 Å². The molecule has 2 rings (SSSR count). The van der Waals surface area contributed by atoms with Crippen molar-refractivity contribution in [3.05, 3.63) is 35.4 Å². The molecule has 1 aromatic carbocycles. The molecule has 0 aromatic heterocycles. The first-order valence-electron chi connectivity index (χ1n) is 7.50. The van der Waals surface area contributed by atoms with Gasteiger partial charge in [-0.25, -0.2) is 8.78 Å². The number of halogens is 2. The molecule has 0 radical (unpaired) electrons. The van der Waals surface area contributed by atoms with Crippen LogP contribution in [0.25, 0.3) is 0 Å².